The van der Waals surface area contributed by atoms with Gasteiger partial charge < -0.3 is 15.4 Å². The molecule has 148 valence electrons. The summed E-state index contributed by atoms with van der Waals surface area (Å²) < 4.78 is 1.84. The summed E-state index contributed by atoms with van der Waals surface area (Å²) in [6.45, 7) is 1.79. The Balaban J connectivity index is 1.74. The number of anilines is 1. The number of hydrogen-bond acceptors (Lipinski definition) is 5. The number of carbonyl (C=O) groups is 2. The molecule has 0 radical (unpaired) electrons. The number of fused-ring (bicyclic) bond motifs is 1. The number of aromatic nitrogens is 1. The lowest BCUT2D eigenvalue weighted by Crippen LogP contribution is -2.22. The fourth-order valence-corrected chi connectivity index (χ4v) is 3.37. The quantitative estimate of drug-likeness (QED) is 0.652. The van der Waals surface area contributed by atoms with Crippen LogP contribution in [0.4, 0.5) is 5.69 Å². The van der Waals surface area contributed by atoms with Crippen LogP contribution in [0, 0.1) is 11.3 Å². The van der Waals surface area contributed by atoms with Gasteiger partial charge in [-0.1, -0.05) is 18.2 Å². The van der Waals surface area contributed by atoms with Gasteiger partial charge in [-0.25, -0.2) is 4.79 Å². The average Bonchev–Trinajstić information content (AvgIpc) is 3.26. The van der Waals surface area contributed by atoms with Gasteiger partial charge in [-0.05, 0) is 43.3 Å². The minimum atomic E-state index is -1.05. The molecule has 1 unspecified atom stereocenters. The van der Waals surface area contributed by atoms with Crippen LogP contribution in [0.3, 0.4) is 0 Å². The molecule has 3 aromatic rings. The molecule has 0 saturated heterocycles. The Hall–Kier alpha value is -4.38. The first-order valence-corrected chi connectivity index (χ1v) is 9.14. The number of nitrogens with two attached hydrogens (primary N) is 1. The molecule has 8 nitrogen and oxygen atoms in total. The van der Waals surface area contributed by atoms with Crippen LogP contribution < -0.4 is 10.7 Å². The Morgan fingerprint density at radius 3 is 2.60 bits per heavy atom. The molecule has 1 atom stereocenters. The van der Waals surface area contributed by atoms with Crippen molar-refractivity contribution in [3.63, 3.8) is 0 Å². The third-order valence-corrected chi connectivity index (χ3v) is 4.94. The topological polar surface area (TPSA) is 125 Å². The van der Waals surface area contributed by atoms with E-state index in [9.17, 15) is 14.9 Å². The Morgan fingerprint density at radius 1 is 1.23 bits per heavy atom. The smallest absolute Gasteiger partial charge is 0.335 e. The minimum absolute atomic E-state index is 0.0625. The lowest BCUT2D eigenvalue weighted by molar-refractivity contribution is -0.114. The number of nitriles is 1. The first-order valence-electron chi connectivity index (χ1n) is 9.14. The maximum Gasteiger partial charge on any atom is 0.335 e. The molecule has 2 heterocycles. The van der Waals surface area contributed by atoms with Crippen molar-refractivity contribution >= 4 is 40.4 Å². The number of hydrazone groups is 1. The van der Waals surface area contributed by atoms with Crippen molar-refractivity contribution in [2.75, 3.05) is 5.01 Å². The molecule has 8 heteroatoms. The van der Waals surface area contributed by atoms with E-state index in [1.165, 1.54) is 24.3 Å². The molecule has 3 N–H and O–H groups in total. The van der Waals surface area contributed by atoms with E-state index in [0.717, 1.165) is 21.5 Å². The Bertz CT molecular complexity index is 1280. The van der Waals surface area contributed by atoms with Crippen molar-refractivity contribution in [3.05, 3.63) is 71.4 Å². The number of carboxylic acids is 1. The van der Waals surface area contributed by atoms with E-state index in [-0.39, 0.29) is 23.0 Å². The van der Waals surface area contributed by atoms with Crippen LogP contribution >= 0.6 is 0 Å². The summed E-state index contributed by atoms with van der Waals surface area (Å²) in [4.78, 5) is 24.0. The number of amides is 1. The monoisotopic (exact) mass is 399 g/mol. The standard InChI is InChI=1S/C22H17N5O3/c1-13(11-23)26-12-15(17-4-2-3-5-19(17)26)10-18-20(24)25-27(21(18)28)16-8-6-14(7-9-16)22(29)30/h2-10,12-13H,1H3,(H2,24,25)(H,29,30)/b18-10-. The molecule has 1 aliphatic rings. The number of carboxylic acid groups (broad SMARTS) is 1. The molecule has 0 bridgehead atoms. The zero-order valence-corrected chi connectivity index (χ0v) is 16.0. The Morgan fingerprint density at radius 2 is 1.93 bits per heavy atom. The molecule has 4 rings (SSSR count). The normalized spacial score (nSPS) is 16.0. The zero-order chi connectivity index (χ0) is 21.4. The first-order chi connectivity index (χ1) is 14.4. The number of rotatable bonds is 4. The van der Waals surface area contributed by atoms with Crippen LogP contribution in [0.1, 0.15) is 28.9 Å². The van der Waals surface area contributed by atoms with Gasteiger partial charge in [0.05, 0.1) is 22.9 Å². The fourth-order valence-electron chi connectivity index (χ4n) is 3.37. The molecule has 0 aliphatic carbocycles. The van der Waals surface area contributed by atoms with Crippen molar-refractivity contribution < 1.29 is 14.7 Å². The van der Waals surface area contributed by atoms with Gasteiger partial charge in [0, 0.05) is 22.7 Å². The maximum absolute atomic E-state index is 13.0. The number of benzene rings is 2. The lowest BCUT2D eigenvalue weighted by Gasteiger charge is -2.11. The van der Waals surface area contributed by atoms with E-state index < -0.39 is 11.9 Å². The lowest BCUT2D eigenvalue weighted by atomic mass is 10.1. The molecule has 0 fully saturated rings. The second-order valence-corrected chi connectivity index (χ2v) is 6.83. The van der Waals surface area contributed by atoms with Crippen LogP contribution in [0.15, 0.2) is 65.4 Å². The third-order valence-electron chi connectivity index (χ3n) is 4.94. The summed E-state index contributed by atoms with van der Waals surface area (Å²) in [5.41, 5.74) is 8.40. The van der Waals surface area contributed by atoms with Crippen molar-refractivity contribution in [1.29, 1.82) is 5.26 Å². The third kappa shape index (κ3) is 3.08. The van der Waals surface area contributed by atoms with Gasteiger partial charge in [-0.2, -0.15) is 10.3 Å². The molecule has 1 aliphatic heterocycles. The van der Waals surface area contributed by atoms with Gasteiger partial charge in [-0.15, -0.1) is 5.10 Å². The first kappa shape index (κ1) is 19.0. The van der Waals surface area contributed by atoms with E-state index in [0.29, 0.717) is 5.69 Å². The Labute approximate surface area is 171 Å². The van der Waals surface area contributed by atoms with Crippen LogP contribution in [0.5, 0.6) is 0 Å². The predicted molar refractivity (Wildman–Crippen MR) is 113 cm³/mol. The SMILES string of the molecule is CC(C#N)n1cc(/C=C2\C(=O)N(c3ccc(C(=O)O)cc3)N=C2N)c2ccccc21. The van der Waals surface area contributed by atoms with Crippen molar-refractivity contribution in [2.24, 2.45) is 10.8 Å². The second-order valence-electron chi connectivity index (χ2n) is 6.83. The van der Waals surface area contributed by atoms with Crippen molar-refractivity contribution in [1.82, 2.24) is 4.57 Å². The van der Waals surface area contributed by atoms with Crippen molar-refractivity contribution in [3.8, 4) is 6.07 Å². The molecule has 0 spiro atoms. The summed E-state index contributed by atoms with van der Waals surface area (Å²) >= 11 is 0. The van der Waals surface area contributed by atoms with Crippen molar-refractivity contribution in [2.45, 2.75) is 13.0 Å². The number of carbonyl (C=O) groups excluding carboxylic acids is 1. The van der Waals surface area contributed by atoms with E-state index in [1.54, 1.807) is 13.0 Å². The highest BCUT2D eigenvalue weighted by atomic mass is 16.4. The van der Waals surface area contributed by atoms with Crippen LogP contribution in [0.25, 0.3) is 17.0 Å². The second kappa shape index (κ2) is 7.22. The summed E-state index contributed by atoms with van der Waals surface area (Å²) in [7, 11) is 0. The Kier molecular flexibility index (Phi) is 4.56. The fraction of sp³-hybridized carbons (Fsp3) is 0.0909. The predicted octanol–water partition coefficient (Wildman–Crippen LogP) is 3.13. The number of amidine groups is 1. The van der Waals surface area contributed by atoms with Gasteiger partial charge in [0.25, 0.3) is 5.91 Å². The highest BCUT2D eigenvalue weighted by Gasteiger charge is 2.30. The molecule has 30 heavy (non-hydrogen) atoms. The molecular weight excluding hydrogens is 382 g/mol. The van der Waals surface area contributed by atoms with Crippen LogP contribution in [-0.4, -0.2) is 27.4 Å². The summed E-state index contributed by atoms with van der Waals surface area (Å²) in [6, 6.07) is 15.2. The number of aromatic carboxylic acids is 1. The number of para-hydroxylation sites is 1. The van der Waals surface area contributed by atoms with Gasteiger partial charge in [-0.3, -0.25) is 4.79 Å². The van der Waals surface area contributed by atoms with Gasteiger partial charge >= 0.3 is 5.97 Å². The van der Waals surface area contributed by atoms with Crippen LogP contribution in [0.2, 0.25) is 0 Å². The highest BCUT2D eigenvalue weighted by molar-refractivity contribution is 6.32. The maximum atomic E-state index is 13.0. The molecule has 1 amide bonds. The average molecular weight is 399 g/mol. The zero-order valence-electron chi connectivity index (χ0n) is 16.0. The minimum Gasteiger partial charge on any atom is -0.478 e. The largest absolute Gasteiger partial charge is 0.478 e. The number of hydrogen-bond donors (Lipinski definition) is 2. The van der Waals surface area contributed by atoms with E-state index in [4.69, 9.17) is 10.8 Å². The van der Waals surface area contributed by atoms with E-state index in [2.05, 4.69) is 11.2 Å². The van der Waals surface area contributed by atoms with E-state index >= 15 is 0 Å². The van der Waals surface area contributed by atoms with Crippen LogP contribution in [-0.2, 0) is 4.79 Å². The van der Waals surface area contributed by atoms with Gasteiger partial charge in [0.2, 0.25) is 0 Å². The molecule has 2 aromatic carbocycles. The molecular formula is C22H17N5O3. The summed E-state index contributed by atoms with van der Waals surface area (Å²) in [5, 5.41) is 24.5. The summed E-state index contributed by atoms with van der Waals surface area (Å²) in [5.74, 6) is -1.41. The number of nitrogens with zero attached hydrogens (tertiary/aromatic N) is 4. The molecule has 0 saturated carbocycles. The summed E-state index contributed by atoms with van der Waals surface area (Å²) in [6.07, 6.45) is 3.48. The molecule has 1 aromatic heterocycles. The van der Waals surface area contributed by atoms with E-state index in [1.807, 2.05) is 35.0 Å². The van der Waals surface area contributed by atoms with Gasteiger partial charge in [0.15, 0.2) is 5.84 Å². The highest BCUT2D eigenvalue weighted by Crippen LogP contribution is 2.29. The van der Waals surface area contributed by atoms with Gasteiger partial charge in [0.1, 0.15) is 6.04 Å².